The molecule has 0 bridgehead atoms. The Hall–Kier alpha value is -3.20. The third-order valence-electron chi connectivity index (χ3n) is 5.50. The summed E-state index contributed by atoms with van der Waals surface area (Å²) < 4.78 is 3.89. The van der Waals surface area contributed by atoms with Crippen molar-refractivity contribution in [2.75, 3.05) is 20.1 Å². The van der Waals surface area contributed by atoms with E-state index in [1.807, 2.05) is 30.9 Å². The quantitative estimate of drug-likeness (QED) is 0.675. The number of aryl methyl sites for hydroxylation is 2. The minimum absolute atomic E-state index is 0.000865. The maximum Gasteiger partial charge on any atom is 0.269 e. The van der Waals surface area contributed by atoms with Crippen LogP contribution in [0.15, 0.2) is 30.5 Å². The predicted molar refractivity (Wildman–Crippen MR) is 118 cm³/mol. The SMILES string of the molecule is CNC(=O)c1ccc(-c2cc(C)nc(C3CCCN(C(=O)c4snnc4C)C3)c2)cn1. The number of hydrogen-bond acceptors (Lipinski definition) is 7. The molecule has 0 radical (unpaired) electrons. The maximum atomic E-state index is 12.9. The number of amides is 2. The smallest absolute Gasteiger partial charge is 0.269 e. The molecule has 1 N–H and O–H groups in total. The summed E-state index contributed by atoms with van der Waals surface area (Å²) in [5.41, 5.74) is 4.88. The van der Waals surface area contributed by atoms with Gasteiger partial charge >= 0.3 is 0 Å². The topological polar surface area (TPSA) is 101 Å². The van der Waals surface area contributed by atoms with Gasteiger partial charge in [-0.05, 0) is 62.0 Å². The first-order chi connectivity index (χ1) is 15.0. The second-order valence-electron chi connectivity index (χ2n) is 7.71. The van der Waals surface area contributed by atoms with Crippen LogP contribution in [0.3, 0.4) is 0 Å². The van der Waals surface area contributed by atoms with Crippen molar-refractivity contribution in [1.29, 1.82) is 0 Å². The summed E-state index contributed by atoms with van der Waals surface area (Å²) in [5, 5.41) is 6.54. The van der Waals surface area contributed by atoms with Crippen molar-refractivity contribution in [3.05, 3.63) is 58.1 Å². The highest BCUT2D eigenvalue weighted by molar-refractivity contribution is 7.07. The minimum Gasteiger partial charge on any atom is -0.354 e. The number of likely N-dealkylation sites (tertiary alicyclic amines) is 1. The molecule has 1 aliphatic heterocycles. The van der Waals surface area contributed by atoms with Gasteiger partial charge in [-0.1, -0.05) is 10.6 Å². The van der Waals surface area contributed by atoms with Crippen molar-refractivity contribution in [3.63, 3.8) is 0 Å². The average Bonchev–Trinajstić information content (AvgIpc) is 3.23. The molecule has 31 heavy (non-hydrogen) atoms. The van der Waals surface area contributed by atoms with Crippen LogP contribution >= 0.6 is 11.5 Å². The highest BCUT2D eigenvalue weighted by Crippen LogP contribution is 2.30. The second-order valence-corrected chi connectivity index (χ2v) is 8.47. The van der Waals surface area contributed by atoms with Gasteiger partial charge in [0.2, 0.25) is 0 Å². The van der Waals surface area contributed by atoms with Gasteiger partial charge in [0.15, 0.2) is 0 Å². The first kappa shape index (κ1) is 21.0. The molecule has 0 aromatic carbocycles. The summed E-state index contributed by atoms with van der Waals surface area (Å²) in [6.45, 7) is 5.14. The van der Waals surface area contributed by atoms with Crippen molar-refractivity contribution in [2.45, 2.75) is 32.6 Å². The van der Waals surface area contributed by atoms with Crippen LogP contribution < -0.4 is 5.32 Å². The molecule has 8 nitrogen and oxygen atoms in total. The number of nitrogens with zero attached hydrogens (tertiary/aromatic N) is 5. The van der Waals surface area contributed by atoms with Gasteiger partial charge in [0, 0.05) is 49.2 Å². The van der Waals surface area contributed by atoms with Crippen LogP contribution in [0.25, 0.3) is 11.1 Å². The fourth-order valence-corrected chi connectivity index (χ4v) is 4.50. The van der Waals surface area contributed by atoms with E-state index in [1.54, 1.807) is 19.3 Å². The lowest BCUT2D eigenvalue weighted by Crippen LogP contribution is -2.39. The number of rotatable bonds is 4. The Labute approximate surface area is 184 Å². The molecule has 4 rings (SSSR count). The standard InChI is InChI=1S/C22H24N6O2S/c1-13-9-17(15-6-7-18(24-11-15)21(29)23-3)10-19(25-13)16-5-4-8-28(12-16)22(30)20-14(2)26-27-31-20/h6-7,9-11,16H,4-5,8,12H2,1-3H3,(H,23,29). The summed E-state index contributed by atoms with van der Waals surface area (Å²) in [7, 11) is 1.58. The molecule has 9 heteroatoms. The Bertz CT molecular complexity index is 1110. The molecule has 3 aromatic rings. The Morgan fingerprint density at radius 3 is 2.71 bits per heavy atom. The van der Waals surface area contributed by atoms with Gasteiger partial charge in [0.25, 0.3) is 11.8 Å². The van der Waals surface area contributed by atoms with Crippen LogP contribution in [-0.2, 0) is 0 Å². The van der Waals surface area contributed by atoms with Crippen molar-refractivity contribution in [1.82, 2.24) is 29.8 Å². The summed E-state index contributed by atoms with van der Waals surface area (Å²) in [5.74, 6) is -0.0498. The third kappa shape index (κ3) is 4.46. The van der Waals surface area contributed by atoms with E-state index < -0.39 is 0 Å². The molecule has 1 aliphatic rings. The van der Waals surface area contributed by atoms with Crippen LogP contribution in [0.1, 0.15) is 56.0 Å². The maximum absolute atomic E-state index is 12.9. The van der Waals surface area contributed by atoms with E-state index in [2.05, 4.69) is 26.0 Å². The molecule has 0 saturated carbocycles. The van der Waals surface area contributed by atoms with Gasteiger partial charge in [-0.3, -0.25) is 19.6 Å². The van der Waals surface area contributed by atoms with Gasteiger partial charge in [0.05, 0.1) is 5.69 Å². The Morgan fingerprint density at radius 1 is 1.19 bits per heavy atom. The summed E-state index contributed by atoms with van der Waals surface area (Å²) >= 11 is 1.15. The molecule has 0 spiro atoms. The average molecular weight is 437 g/mol. The summed E-state index contributed by atoms with van der Waals surface area (Å²) in [4.78, 5) is 36.2. The van der Waals surface area contributed by atoms with Gasteiger partial charge in [0.1, 0.15) is 10.6 Å². The molecule has 3 aromatic heterocycles. The van der Waals surface area contributed by atoms with Crippen LogP contribution in [0, 0.1) is 13.8 Å². The second kappa shape index (κ2) is 8.89. The van der Waals surface area contributed by atoms with Crippen molar-refractivity contribution in [3.8, 4) is 11.1 Å². The lowest BCUT2D eigenvalue weighted by atomic mass is 9.92. The van der Waals surface area contributed by atoms with E-state index >= 15 is 0 Å². The predicted octanol–water partition coefficient (Wildman–Crippen LogP) is 2.99. The zero-order valence-corrected chi connectivity index (χ0v) is 18.6. The fourth-order valence-electron chi connectivity index (χ4n) is 3.87. The highest BCUT2D eigenvalue weighted by Gasteiger charge is 2.28. The molecule has 1 fully saturated rings. The number of carbonyl (C=O) groups is 2. The molecule has 1 atom stereocenters. The zero-order chi connectivity index (χ0) is 22.0. The van der Waals surface area contributed by atoms with E-state index in [1.165, 1.54) is 0 Å². The largest absolute Gasteiger partial charge is 0.354 e. The molecule has 4 heterocycles. The van der Waals surface area contributed by atoms with E-state index in [9.17, 15) is 9.59 Å². The van der Waals surface area contributed by atoms with Crippen molar-refractivity contribution >= 4 is 23.3 Å². The summed E-state index contributed by atoms with van der Waals surface area (Å²) in [6.07, 6.45) is 3.61. The molecule has 0 aliphatic carbocycles. The number of hydrogen-bond donors (Lipinski definition) is 1. The van der Waals surface area contributed by atoms with E-state index in [0.717, 1.165) is 53.4 Å². The van der Waals surface area contributed by atoms with Gasteiger partial charge in [-0.15, -0.1) is 5.10 Å². The first-order valence-corrected chi connectivity index (χ1v) is 11.0. The Balaban J connectivity index is 1.57. The fraction of sp³-hybridized carbons (Fsp3) is 0.364. The van der Waals surface area contributed by atoms with Crippen molar-refractivity contribution in [2.24, 2.45) is 0 Å². The molecule has 1 saturated heterocycles. The van der Waals surface area contributed by atoms with Crippen LogP contribution in [0.4, 0.5) is 0 Å². The van der Waals surface area contributed by atoms with Crippen LogP contribution in [-0.4, -0.2) is 56.4 Å². The normalized spacial score (nSPS) is 16.2. The monoisotopic (exact) mass is 436 g/mol. The van der Waals surface area contributed by atoms with Crippen molar-refractivity contribution < 1.29 is 9.59 Å². The molecule has 2 amide bonds. The summed E-state index contributed by atoms with van der Waals surface area (Å²) in [6, 6.07) is 7.70. The van der Waals surface area contributed by atoms with E-state index in [0.29, 0.717) is 22.8 Å². The number of piperidine rings is 1. The number of pyridine rings is 2. The van der Waals surface area contributed by atoms with Gasteiger partial charge < -0.3 is 10.2 Å². The van der Waals surface area contributed by atoms with E-state index in [4.69, 9.17) is 4.98 Å². The Kier molecular flexibility index (Phi) is 6.03. The van der Waals surface area contributed by atoms with Gasteiger partial charge in [-0.25, -0.2) is 0 Å². The third-order valence-corrected chi connectivity index (χ3v) is 6.32. The molecule has 1 unspecified atom stereocenters. The van der Waals surface area contributed by atoms with E-state index in [-0.39, 0.29) is 17.7 Å². The van der Waals surface area contributed by atoms with Gasteiger partial charge in [-0.2, -0.15) is 0 Å². The number of carbonyl (C=O) groups excluding carboxylic acids is 2. The lowest BCUT2D eigenvalue weighted by molar-refractivity contribution is 0.0709. The number of nitrogens with one attached hydrogen (secondary N) is 1. The molecular weight excluding hydrogens is 412 g/mol. The molecule has 160 valence electrons. The van der Waals surface area contributed by atoms with Crippen LogP contribution in [0.5, 0.6) is 0 Å². The minimum atomic E-state index is -0.212. The number of aromatic nitrogens is 4. The highest BCUT2D eigenvalue weighted by atomic mass is 32.1. The zero-order valence-electron chi connectivity index (χ0n) is 17.8. The molecular formula is C22H24N6O2S. The Morgan fingerprint density at radius 2 is 2.03 bits per heavy atom. The van der Waals surface area contributed by atoms with Crippen LogP contribution in [0.2, 0.25) is 0 Å². The lowest BCUT2D eigenvalue weighted by Gasteiger charge is -2.32. The first-order valence-electron chi connectivity index (χ1n) is 10.2.